The van der Waals surface area contributed by atoms with Crippen LogP contribution in [0.4, 0.5) is 4.39 Å². The number of carbonyl (C=O) groups is 2. The van der Waals surface area contributed by atoms with Crippen molar-refractivity contribution >= 4 is 17.8 Å². The molecule has 2 aromatic rings. The number of Topliss-reactive ketones (excluding diaryl/α,β-unsaturated/α-hetero) is 1. The highest BCUT2D eigenvalue weighted by atomic mass is 19.1. The van der Waals surface area contributed by atoms with Crippen LogP contribution in [0.2, 0.25) is 0 Å². The van der Waals surface area contributed by atoms with Crippen LogP contribution in [0.3, 0.4) is 0 Å². The number of rotatable bonds is 8. The molecule has 1 atom stereocenters. The maximum atomic E-state index is 12.8. The number of carbonyl (C=O) groups excluding carboxylic acids is 2. The van der Waals surface area contributed by atoms with Crippen molar-refractivity contribution in [2.75, 3.05) is 20.3 Å². The third kappa shape index (κ3) is 5.37. The van der Waals surface area contributed by atoms with Gasteiger partial charge in [-0.25, -0.2) is 9.18 Å². The van der Waals surface area contributed by atoms with E-state index in [-0.39, 0.29) is 24.2 Å². The van der Waals surface area contributed by atoms with Crippen molar-refractivity contribution in [1.82, 2.24) is 4.57 Å². The van der Waals surface area contributed by atoms with E-state index in [4.69, 9.17) is 9.47 Å². The Morgan fingerprint density at radius 1 is 1.22 bits per heavy atom. The molecule has 1 aromatic heterocycles. The third-order valence-corrected chi connectivity index (χ3v) is 4.26. The molecule has 0 saturated heterocycles. The Kier molecular flexibility index (Phi) is 7.07. The highest BCUT2D eigenvalue weighted by molar-refractivity contribution is 6.00. The van der Waals surface area contributed by atoms with Gasteiger partial charge in [0.1, 0.15) is 5.82 Å². The number of halogens is 1. The first-order chi connectivity index (χ1) is 12.8. The number of ketones is 1. The molecule has 0 N–H and O–H groups in total. The fraction of sp³-hybridized carbons (Fsp3) is 0.333. The summed E-state index contributed by atoms with van der Waals surface area (Å²) in [6, 6.07) is 7.58. The van der Waals surface area contributed by atoms with Gasteiger partial charge in [-0.05, 0) is 50.6 Å². The molecule has 1 aromatic carbocycles. The van der Waals surface area contributed by atoms with Gasteiger partial charge in [0.15, 0.2) is 6.61 Å². The molecule has 0 amide bonds. The van der Waals surface area contributed by atoms with Crippen molar-refractivity contribution in [3.8, 4) is 0 Å². The zero-order chi connectivity index (χ0) is 20.0. The van der Waals surface area contributed by atoms with E-state index in [1.807, 2.05) is 25.3 Å². The monoisotopic (exact) mass is 373 g/mol. The van der Waals surface area contributed by atoms with Crippen LogP contribution < -0.4 is 0 Å². The minimum Gasteiger partial charge on any atom is -0.454 e. The first-order valence-electron chi connectivity index (χ1n) is 8.64. The van der Waals surface area contributed by atoms with Gasteiger partial charge in [0.2, 0.25) is 5.78 Å². The topological polar surface area (TPSA) is 57.5 Å². The molecule has 0 aliphatic carbocycles. The average Bonchev–Trinajstić information content (AvgIpc) is 2.93. The molecule has 0 unspecified atom stereocenters. The summed E-state index contributed by atoms with van der Waals surface area (Å²) in [5, 5.41) is 0. The highest BCUT2D eigenvalue weighted by Crippen LogP contribution is 2.21. The predicted molar refractivity (Wildman–Crippen MR) is 101 cm³/mol. The maximum absolute atomic E-state index is 12.8. The van der Waals surface area contributed by atoms with Gasteiger partial charge < -0.3 is 14.0 Å². The van der Waals surface area contributed by atoms with Crippen molar-refractivity contribution in [3.05, 3.63) is 64.7 Å². The van der Waals surface area contributed by atoms with Crippen LogP contribution >= 0.6 is 0 Å². The normalized spacial score (nSPS) is 12.3. The van der Waals surface area contributed by atoms with E-state index < -0.39 is 5.97 Å². The fourth-order valence-electron chi connectivity index (χ4n) is 3.05. The van der Waals surface area contributed by atoms with Crippen molar-refractivity contribution in [2.45, 2.75) is 26.8 Å². The second-order valence-electron chi connectivity index (χ2n) is 6.37. The summed E-state index contributed by atoms with van der Waals surface area (Å²) in [6.07, 6.45) is 2.72. The van der Waals surface area contributed by atoms with E-state index in [1.54, 1.807) is 25.3 Å². The molecule has 1 heterocycles. The van der Waals surface area contributed by atoms with E-state index in [0.29, 0.717) is 17.7 Å². The number of aromatic nitrogens is 1. The van der Waals surface area contributed by atoms with Crippen molar-refractivity contribution in [2.24, 2.45) is 0 Å². The molecule has 5 nitrogen and oxygen atoms in total. The minimum atomic E-state index is -0.630. The Labute approximate surface area is 158 Å². The Morgan fingerprint density at radius 2 is 1.89 bits per heavy atom. The molecule has 0 spiro atoms. The molecule has 0 radical (unpaired) electrons. The SMILES string of the molecule is COC[C@@H](C)n1c(C)cc(C(=O)COC(=O)/C=C/c2ccc(F)cc2)c1C. The molecule has 0 bridgehead atoms. The van der Waals surface area contributed by atoms with Crippen molar-refractivity contribution in [3.63, 3.8) is 0 Å². The number of nitrogens with zero attached hydrogens (tertiary/aromatic N) is 1. The van der Waals surface area contributed by atoms with Crippen molar-refractivity contribution in [1.29, 1.82) is 0 Å². The lowest BCUT2D eigenvalue weighted by atomic mass is 10.1. The predicted octanol–water partition coefficient (Wildman–Crippen LogP) is 3.89. The molecule has 6 heteroatoms. The number of hydrogen-bond donors (Lipinski definition) is 0. The summed E-state index contributed by atoms with van der Waals surface area (Å²) in [4.78, 5) is 24.3. The second-order valence-corrected chi connectivity index (χ2v) is 6.37. The van der Waals surface area contributed by atoms with Crippen LogP contribution in [0.1, 0.15) is 40.3 Å². The van der Waals surface area contributed by atoms with Crippen LogP contribution in [0.25, 0.3) is 6.08 Å². The Balaban J connectivity index is 1.98. The quantitative estimate of drug-likeness (QED) is 0.400. The summed E-state index contributed by atoms with van der Waals surface area (Å²) in [7, 11) is 1.63. The number of hydrogen-bond acceptors (Lipinski definition) is 4. The Morgan fingerprint density at radius 3 is 2.52 bits per heavy atom. The zero-order valence-electron chi connectivity index (χ0n) is 16.0. The van der Waals surface area contributed by atoms with Crippen LogP contribution in [-0.4, -0.2) is 36.6 Å². The molecule has 144 valence electrons. The van der Waals surface area contributed by atoms with Gasteiger partial charge in [0.05, 0.1) is 12.6 Å². The molecule has 0 aliphatic rings. The maximum Gasteiger partial charge on any atom is 0.331 e. The average molecular weight is 373 g/mol. The molecule has 0 saturated carbocycles. The van der Waals surface area contributed by atoms with E-state index >= 15 is 0 Å². The Hall–Kier alpha value is -2.73. The minimum absolute atomic E-state index is 0.0951. The number of ether oxygens (including phenoxy) is 2. The smallest absolute Gasteiger partial charge is 0.331 e. The van der Waals surface area contributed by atoms with E-state index in [1.165, 1.54) is 24.3 Å². The summed E-state index contributed by atoms with van der Waals surface area (Å²) in [5.41, 5.74) is 2.96. The number of aryl methyl sites for hydroxylation is 1. The number of esters is 1. The molecule has 2 rings (SSSR count). The summed E-state index contributed by atoms with van der Waals surface area (Å²) in [5.74, 6) is -1.24. The van der Waals surface area contributed by atoms with E-state index in [9.17, 15) is 14.0 Å². The van der Waals surface area contributed by atoms with E-state index in [0.717, 1.165) is 11.4 Å². The van der Waals surface area contributed by atoms with Crippen LogP contribution in [0.15, 0.2) is 36.4 Å². The fourth-order valence-corrected chi connectivity index (χ4v) is 3.05. The van der Waals surface area contributed by atoms with E-state index in [2.05, 4.69) is 0 Å². The van der Waals surface area contributed by atoms with Crippen LogP contribution in [-0.2, 0) is 14.3 Å². The van der Waals surface area contributed by atoms with Gasteiger partial charge in [0, 0.05) is 30.1 Å². The largest absolute Gasteiger partial charge is 0.454 e. The number of methoxy groups -OCH3 is 1. The standard InChI is InChI=1S/C21H24FNO4/c1-14-11-19(16(3)23(14)15(2)12-26-4)20(24)13-27-21(25)10-7-17-5-8-18(22)9-6-17/h5-11,15H,12-13H2,1-4H3/b10-7+/t15-/m1/s1. The first kappa shape index (κ1) is 20.6. The molecular formula is C21H24FNO4. The lowest BCUT2D eigenvalue weighted by Gasteiger charge is -2.17. The lowest BCUT2D eigenvalue weighted by Crippen LogP contribution is -2.16. The molecular weight excluding hydrogens is 349 g/mol. The summed E-state index contributed by atoms with van der Waals surface area (Å²) >= 11 is 0. The van der Waals surface area contributed by atoms with Crippen molar-refractivity contribution < 1.29 is 23.5 Å². The van der Waals surface area contributed by atoms with Gasteiger partial charge in [-0.3, -0.25) is 4.79 Å². The third-order valence-electron chi connectivity index (χ3n) is 4.26. The molecule has 27 heavy (non-hydrogen) atoms. The van der Waals surface area contributed by atoms with Gasteiger partial charge in [0.25, 0.3) is 0 Å². The van der Waals surface area contributed by atoms with Gasteiger partial charge in [-0.15, -0.1) is 0 Å². The summed E-state index contributed by atoms with van der Waals surface area (Å²) in [6.45, 7) is 6.00. The molecule has 0 aliphatic heterocycles. The van der Waals surface area contributed by atoms with Crippen LogP contribution in [0.5, 0.6) is 0 Å². The van der Waals surface area contributed by atoms with Gasteiger partial charge in [-0.2, -0.15) is 0 Å². The van der Waals surface area contributed by atoms with Gasteiger partial charge in [-0.1, -0.05) is 12.1 Å². The summed E-state index contributed by atoms with van der Waals surface area (Å²) < 4.78 is 25.1. The Bertz CT molecular complexity index is 837. The second kappa shape index (κ2) is 9.28. The first-order valence-corrected chi connectivity index (χ1v) is 8.64. The zero-order valence-corrected chi connectivity index (χ0v) is 16.0. The number of benzene rings is 1. The van der Waals surface area contributed by atoms with Crippen LogP contribution in [0, 0.1) is 19.7 Å². The lowest BCUT2D eigenvalue weighted by molar-refractivity contribution is -0.136. The molecule has 0 fully saturated rings. The highest BCUT2D eigenvalue weighted by Gasteiger charge is 2.19. The van der Waals surface area contributed by atoms with Gasteiger partial charge >= 0.3 is 5.97 Å².